The first kappa shape index (κ1) is 24.3. The molecule has 200 valence electrons. The first-order valence-corrected chi connectivity index (χ1v) is 13.9. The Morgan fingerprint density at radius 1 is 1.02 bits per heavy atom. The number of piperazine rings is 1. The van der Waals surface area contributed by atoms with Crippen molar-refractivity contribution in [1.82, 2.24) is 19.6 Å². The van der Waals surface area contributed by atoms with Gasteiger partial charge in [-0.15, -0.1) is 11.3 Å². The number of anilines is 2. The normalized spacial score (nSPS) is 13.7. The molecule has 5 heterocycles. The number of thiazole rings is 1. The van der Waals surface area contributed by atoms with Crippen molar-refractivity contribution >= 4 is 38.8 Å². The molecule has 6 aromatic rings. The summed E-state index contributed by atoms with van der Waals surface area (Å²) in [6.45, 7) is 6.00. The number of aryl methyl sites for hydroxylation is 1. The fourth-order valence-corrected chi connectivity index (χ4v) is 5.76. The zero-order valence-corrected chi connectivity index (χ0v) is 22.9. The summed E-state index contributed by atoms with van der Waals surface area (Å²) in [5.41, 5.74) is 5.11. The molecule has 0 N–H and O–H groups in total. The first-order valence-electron chi connectivity index (χ1n) is 13.0. The van der Waals surface area contributed by atoms with Gasteiger partial charge in [0.05, 0.1) is 30.1 Å². The molecule has 2 aromatic carbocycles. The summed E-state index contributed by atoms with van der Waals surface area (Å²) >= 11 is 1.65. The van der Waals surface area contributed by atoms with Gasteiger partial charge in [0.2, 0.25) is 0 Å². The quantitative estimate of drug-likeness (QED) is 0.261. The molecule has 1 aliphatic heterocycles. The molecule has 9 nitrogen and oxygen atoms in total. The van der Waals surface area contributed by atoms with E-state index in [2.05, 4.69) is 43.5 Å². The Morgan fingerprint density at radius 3 is 2.73 bits per heavy atom. The third kappa shape index (κ3) is 4.65. The first-order chi connectivity index (χ1) is 19.6. The molecule has 1 fully saturated rings. The number of hydrogen-bond donors (Lipinski definition) is 0. The molecule has 1 saturated heterocycles. The molecular weight excluding hydrogens is 524 g/mol. The highest BCUT2D eigenvalue weighted by Gasteiger charge is 2.20. The Morgan fingerprint density at radius 2 is 1.90 bits per heavy atom. The van der Waals surface area contributed by atoms with E-state index in [1.807, 2.05) is 55.6 Å². The number of ether oxygens (including phenoxy) is 2. The van der Waals surface area contributed by atoms with E-state index in [9.17, 15) is 0 Å². The average Bonchev–Trinajstić information content (AvgIpc) is 3.74. The third-order valence-corrected chi connectivity index (χ3v) is 7.94. The smallest absolute Gasteiger partial charge is 0.185 e. The highest BCUT2D eigenvalue weighted by molar-refractivity contribution is 7.13. The van der Waals surface area contributed by atoms with Crippen LogP contribution in [0.5, 0.6) is 11.5 Å². The van der Waals surface area contributed by atoms with E-state index in [0.29, 0.717) is 35.1 Å². The Hall–Kier alpha value is -4.75. The SMILES string of the molecule is COc1cc(OCc2csc(N3CCN(c4cc#ccc4)CC3)n2)c2cc(-c3cn4nc(C)ccc4n3)oc2c1. The van der Waals surface area contributed by atoms with E-state index < -0.39 is 0 Å². The van der Waals surface area contributed by atoms with Crippen LogP contribution >= 0.6 is 11.3 Å². The maximum Gasteiger partial charge on any atom is 0.185 e. The van der Waals surface area contributed by atoms with Gasteiger partial charge in [-0.3, -0.25) is 0 Å². The van der Waals surface area contributed by atoms with Crippen molar-refractivity contribution in [2.24, 2.45) is 0 Å². The fourth-order valence-electron chi connectivity index (χ4n) is 4.89. The van der Waals surface area contributed by atoms with Crippen LogP contribution in [-0.2, 0) is 6.61 Å². The summed E-state index contributed by atoms with van der Waals surface area (Å²) in [6.07, 6.45) is 1.87. The van der Waals surface area contributed by atoms with Crippen LogP contribution in [-0.4, -0.2) is 52.9 Å². The molecule has 0 radical (unpaired) electrons. The molecule has 0 bridgehead atoms. The Bertz CT molecular complexity index is 1790. The highest BCUT2D eigenvalue weighted by Crippen LogP contribution is 2.37. The van der Waals surface area contributed by atoms with Gasteiger partial charge < -0.3 is 23.7 Å². The number of fused-ring (bicyclic) bond motifs is 2. The summed E-state index contributed by atoms with van der Waals surface area (Å²) in [6, 6.07) is 21.5. The van der Waals surface area contributed by atoms with Gasteiger partial charge in [-0.1, -0.05) is 12.1 Å². The molecule has 0 spiro atoms. The van der Waals surface area contributed by atoms with Crippen molar-refractivity contribution in [3.05, 3.63) is 83.6 Å². The van der Waals surface area contributed by atoms with Gasteiger partial charge >= 0.3 is 0 Å². The molecule has 10 heteroatoms. The zero-order valence-electron chi connectivity index (χ0n) is 22.1. The van der Waals surface area contributed by atoms with Crippen LogP contribution in [0.2, 0.25) is 0 Å². The van der Waals surface area contributed by atoms with Crippen LogP contribution in [0.25, 0.3) is 28.1 Å². The van der Waals surface area contributed by atoms with Crippen molar-refractivity contribution in [3.8, 4) is 23.0 Å². The zero-order chi connectivity index (χ0) is 27.1. The van der Waals surface area contributed by atoms with Gasteiger partial charge in [0.1, 0.15) is 29.4 Å². The minimum Gasteiger partial charge on any atom is -0.496 e. The molecule has 4 aromatic heterocycles. The Kier molecular flexibility index (Phi) is 6.13. The van der Waals surface area contributed by atoms with E-state index in [-0.39, 0.29) is 0 Å². The monoisotopic (exact) mass is 550 g/mol. The van der Waals surface area contributed by atoms with Crippen LogP contribution in [0, 0.1) is 19.1 Å². The fraction of sp³-hybridized carbons (Fsp3) is 0.233. The lowest BCUT2D eigenvalue weighted by atomic mass is 10.2. The minimum atomic E-state index is 0.340. The Balaban J connectivity index is 1.07. The predicted octanol–water partition coefficient (Wildman–Crippen LogP) is 5.42. The largest absolute Gasteiger partial charge is 0.496 e. The van der Waals surface area contributed by atoms with Crippen molar-refractivity contribution in [2.45, 2.75) is 13.5 Å². The summed E-state index contributed by atoms with van der Waals surface area (Å²) in [5.74, 6) is 1.96. The molecule has 0 aliphatic carbocycles. The van der Waals surface area contributed by atoms with Crippen molar-refractivity contribution in [2.75, 3.05) is 43.1 Å². The number of nitrogens with zero attached hydrogens (tertiary/aromatic N) is 6. The third-order valence-electron chi connectivity index (χ3n) is 6.99. The van der Waals surface area contributed by atoms with Crippen molar-refractivity contribution in [3.63, 3.8) is 0 Å². The lowest BCUT2D eigenvalue weighted by Crippen LogP contribution is -2.46. The highest BCUT2D eigenvalue weighted by atomic mass is 32.1. The molecule has 0 atom stereocenters. The summed E-state index contributed by atoms with van der Waals surface area (Å²) < 4.78 is 19.7. The maximum atomic E-state index is 6.28. The van der Waals surface area contributed by atoms with Gasteiger partial charge in [0.25, 0.3) is 0 Å². The summed E-state index contributed by atoms with van der Waals surface area (Å²) in [4.78, 5) is 14.2. The topological polar surface area (TPSA) is 81.2 Å². The molecule has 0 unspecified atom stereocenters. The second-order valence-electron chi connectivity index (χ2n) is 9.63. The van der Waals surface area contributed by atoms with Crippen molar-refractivity contribution < 1.29 is 13.9 Å². The van der Waals surface area contributed by atoms with Crippen LogP contribution < -0.4 is 19.3 Å². The number of methoxy groups -OCH3 is 1. The van der Waals surface area contributed by atoms with Gasteiger partial charge in [-0.25, -0.2) is 14.5 Å². The van der Waals surface area contributed by atoms with Crippen LogP contribution in [0.3, 0.4) is 0 Å². The minimum absolute atomic E-state index is 0.340. The van der Waals surface area contributed by atoms with E-state index in [0.717, 1.165) is 53.7 Å². The lowest BCUT2D eigenvalue weighted by Gasteiger charge is -2.35. The van der Waals surface area contributed by atoms with Crippen LogP contribution in [0.15, 0.2) is 64.5 Å². The number of rotatable bonds is 7. The molecule has 0 amide bonds. The van der Waals surface area contributed by atoms with E-state index >= 15 is 0 Å². The predicted molar refractivity (Wildman–Crippen MR) is 154 cm³/mol. The standard InChI is InChI=1S/C30H26N6O3S/c1-20-8-9-29-32-25(17-36(29)33-20)28-16-24-26(14-23(37-2)15-27(24)39-28)38-18-21-19-40-30(31-21)35-12-10-34(11-13-35)22-6-4-3-5-7-22/h4,6-9,14-17,19H,10-13,18H2,1-2H3. The second-order valence-corrected chi connectivity index (χ2v) is 10.5. The molecule has 0 saturated carbocycles. The summed E-state index contributed by atoms with van der Waals surface area (Å²) in [7, 11) is 1.63. The number of benzene rings is 1. The number of imidazole rings is 1. The van der Waals surface area contributed by atoms with Gasteiger partial charge in [-0.05, 0) is 37.3 Å². The average molecular weight is 551 g/mol. The Labute approximate surface area is 235 Å². The number of hydrogen-bond acceptors (Lipinski definition) is 9. The second kappa shape index (κ2) is 10.1. The molecule has 7 rings (SSSR count). The van der Waals surface area contributed by atoms with Gasteiger partial charge in [-0.2, -0.15) is 5.10 Å². The maximum absolute atomic E-state index is 6.28. The van der Waals surface area contributed by atoms with Crippen LogP contribution in [0.1, 0.15) is 11.4 Å². The number of aromatic nitrogens is 4. The lowest BCUT2D eigenvalue weighted by molar-refractivity contribution is 0.303. The molecule has 40 heavy (non-hydrogen) atoms. The van der Waals surface area contributed by atoms with Gasteiger partial charge in [0, 0.05) is 55.4 Å². The van der Waals surface area contributed by atoms with Crippen molar-refractivity contribution in [1.29, 1.82) is 0 Å². The summed E-state index contributed by atoms with van der Waals surface area (Å²) in [5, 5.41) is 8.42. The van der Waals surface area contributed by atoms with E-state index in [1.165, 1.54) is 5.69 Å². The molecule has 1 aliphatic rings. The van der Waals surface area contributed by atoms with E-state index in [4.69, 9.17) is 18.9 Å². The number of furan rings is 1. The van der Waals surface area contributed by atoms with Crippen LogP contribution in [0.4, 0.5) is 10.8 Å². The van der Waals surface area contributed by atoms with E-state index in [1.54, 1.807) is 23.0 Å². The van der Waals surface area contributed by atoms with Gasteiger partial charge in [0.15, 0.2) is 16.5 Å². The molecular formula is C30H26N6O3S.